The highest BCUT2D eigenvalue weighted by Gasteiger charge is 2.32. The number of nitrogens with one attached hydrogen (secondary N) is 1. The van der Waals surface area contributed by atoms with Crippen molar-refractivity contribution < 1.29 is 9.90 Å². The third-order valence-corrected chi connectivity index (χ3v) is 5.39. The number of carboxylic acid groups (broad SMARTS) is 1. The number of rotatable bonds is 2. The van der Waals surface area contributed by atoms with Crippen molar-refractivity contribution in [2.75, 3.05) is 0 Å². The zero-order chi connectivity index (χ0) is 17.8. The molecule has 0 radical (unpaired) electrons. The first-order chi connectivity index (χ1) is 12.6. The highest BCUT2D eigenvalue weighted by Crippen LogP contribution is 2.40. The average molecular weight is 342 g/mol. The predicted molar refractivity (Wildman–Crippen MR) is 101 cm³/mol. The predicted octanol–water partition coefficient (Wildman–Crippen LogP) is 4.52. The SMILES string of the molecule is Cc1ccc(C2c3[nH]c4ccccc4c3Cc3c(C(=O)O)ccn32)cc1. The third-order valence-electron chi connectivity index (χ3n) is 5.39. The van der Waals surface area contributed by atoms with E-state index in [-0.39, 0.29) is 6.04 Å². The second-order valence-electron chi connectivity index (χ2n) is 6.94. The molecule has 2 aromatic heterocycles. The highest BCUT2D eigenvalue weighted by atomic mass is 16.4. The van der Waals surface area contributed by atoms with Gasteiger partial charge >= 0.3 is 5.97 Å². The summed E-state index contributed by atoms with van der Waals surface area (Å²) in [5.74, 6) is -0.871. The van der Waals surface area contributed by atoms with Crippen molar-refractivity contribution in [3.8, 4) is 0 Å². The van der Waals surface area contributed by atoms with E-state index in [9.17, 15) is 9.90 Å². The van der Waals surface area contributed by atoms with Gasteiger partial charge in [0.1, 0.15) is 0 Å². The molecule has 2 aromatic carbocycles. The number of aromatic amines is 1. The van der Waals surface area contributed by atoms with Gasteiger partial charge in [-0.15, -0.1) is 0 Å². The molecule has 0 saturated carbocycles. The summed E-state index contributed by atoms with van der Waals surface area (Å²) in [6.45, 7) is 2.07. The van der Waals surface area contributed by atoms with E-state index in [4.69, 9.17) is 0 Å². The van der Waals surface area contributed by atoms with Crippen molar-refractivity contribution in [3.63, 3.8) is 0 Å². The Morgan fingerprint density at radius 2 is 1.88 bits per heavy atom. The highest BCUT2D eigenvalue weighted by molar-refractivity contribution is 5.91. The van der Waals surface area contributed by atoms with Gasteiger partial charge in [-0.1, -0.05) is 48.0 Å². The quantitative estimate of drug-likeness (QED) is 0.496. The molecule has 1 atom stereocenters. The standard InChI is InChI=1S/C22H18N2O2/c1-13-6-8-14(9-7-13)21-20-17(15-4-2-3-5-18(15)23-20)12-19-16(22(25)26)10-11-24(19)21/h2-11,21,23H,12H2,1H3,(H,25,26). The van der Waals surface area contributed by atoms with E-state index in [1.54, 1.807) is 6.07 Å². The molecule has 0 fully saturated rings. The smallest absolute Gasteiger partial charge is 0.337 e. The molecule has 1 aliphatic heterocycles. The van der Waals surface area contributed by atoms with E-state index in [0.29, 0.717) is 12.0 Å². The van der Waals surface area contributed by atoms with Crippen molar-refractivity contribution in [3.05, 3.63) is 94.4 Å². The summed E-state index contributed by atoms with van der Waals surface area (Å²) in [6, 6.07) is 18.4. The summed E-state index contributed by atoms with van der Waals surface area (Å²) in [4.78, 5) is 15.3. The average Bonchev–Trinajstić information content (AvgIpc) is 3.22. The van der Waals surface area contributed by atoms with Gasteiger partial charge < -0.3 is 14.7 Å². The van der Waals surface area contributed by atoms with Gasteiger partial charge in [0, 0.05) is 34.9 Å². The van der Waals surface area contributed by atoms with Gasteiger partial charge in [0.2, 0.25) is 0 Å². The number of carboxylic acids is 1. The van der Waals surface area contributed by atoms with E-state index in [2.05, 4.69) is 52.9 Å². The fourth-order valence-corrected chi connectivity index (χ4v) is 4.13. The Bertz CT molecular complexity index is 1150. The minimum Gasteiger partial charge on any atom is -0.478 e. The lowest BCUT2D eigenvalue weighted by Crippen LogP contribution is -2.22. The number of aromatic carboxylic acids is 1. The lowest BCUT2D eigenvalue weighted by Gasteiger charge is -2.28. The number of benzene rings is 2. The summed E-state index contributed by atoms with van der Waals surface area (Å²) >= 11 is 0. The fourth-order valence-electron chi connectivity index (χ4n) is 4.13. The summed E-state index contributed by atoms with van der Waals surface area (Å²) in [5, 5.41) is 10.8. The number of fused-ring (bicyclic) bond motifs is 4. The third kappa shape index (κ3) is 2.05. The Morgan fingerprint density at radius 1 is 1.12 bits per heavy atom. The van der Waals surface area contributed by atoms with Crippen molar-refractivity contribution >= 4 is 16.9 Å². The summed E-state index contributed by atoms with van der Waals surface area (Å²) in [5.41, 5.74) is 7.04. The van der Waals surface area contributed by atoms with Crippen LogP contribution in [0.1, 0.15) is 44.5 Å². The van der Waals surface area contributed by atoms with Crippen molar-refractivity contribution in [1.29, 1.82) is 0 Å². The number of hydrogen-bond donors (Lipinski definition) is 2. The molecule has 1 unspecified atom stereocenters. The molecule has 0 bridgehead atoms. The van der Waals surface area contributed by atoms with Crippen LogP contribution in [0.4, 0.5) is 0 Å². The molecule has 26 heavy (non-hydrogen) atoms. The molecular formula is C22H18N2O2. The fraction of sp³-hybridized carbons (Fsp3) is 0.136. The van der Waals surface area contributed by atoms with E-state index in [0.717, 1.165) is 22.5 Å². The zero-order valence-electron chi connectivity index (χ0n) is 14.4. The van der Waals surface area contributed by atoms with Crippen LogP contribution in [-0.2, 0) is 6.42 Å². The van der Waals surface area contributed by atoms with Crippen LogP contribution in [0.3, 0.4) is 0 Å². The number of para-hydroxylation sites is 1. The maximum absolute atomic E-state index is 11.7. The molecule has 3 heterocycles. The largest absolute Gasteiger partial charge is 0.478 e. The van der Waals surface area contributed by atoms with Gasteiger partial charge in [0.25, 0.3) is 0 Å². The maximum atomic E-state index is 11.7. The molecule has 0 spiro atoms. The molecule has 4 heteroatoms. The second-order valence-corrected chi connectivity index (χ2v) is 6.94. The van der Waals surface area contributed by atoms with Crippen molar-refractivity contribution in [2.24, 2.45) is 0 Å². The number of aromatic nitrogens is 2. The van der Waals surface area contributed by atoms with Gasteiger partial charge in [-0.05, 0) is 30.2 Å². The lowest BCUT2D eigenvalue weighted by atomic mass is 9.92. The Hall–Kier alpha value is -3.27. The van der Waals surface area contributed by atoms with Crippen LogP contribution in [0.2, 0.25) is 0 Å². The van der Waals surface area contributed by atoms with Gasteiger partial charge in [-0.2, -0.15) is 0 Å². The lowest BCUT2D eigenvalue weighted by molar-refractivity contribution is 0.0695. The molecular weight excluding hydrogens is 324 g/mol. The number of aryl methyl sites for hydroxylation is 1. The minimum absolute atomic E-state index is 0.0464. The first kappa shape index (κ1) is 15.0. The van der Waals surface area contributed by atoms with E-state index < -0.39 is 5.97 Å². The Balaban J connectivity index is 1.81. The van der Waals surface area contributed by atoms with Crippen LogP contribution in [0, 0.1) is 6.92 Å². The molecule has 128 valence electrons. The topological polar surface area (TPSA) is 58.0 Å². The molecule has 5 rings (SSSR count). The Morgan fingerprint density at radius 3 is 2.65 bits per heavy atom. The van der Waals surface area contributed by atoms with Gasteiger partial charge in [-0.3, -0.25) is 0 Å². The molecule has 2 N–H and O–H groups in total. The second kappa shape index (κ2) is 5.36. The molecule has 1 aliphatic rings. The summed E-state index contributed by atoms with van der Waals surface area (Å²) < 4.78 is 2.10. The van der Waals surface area contributed by atoms with Gasteiger partial charge in [-0.25, -0.2) is 4.79 Å². The van der Waals surface area contributed by atoms with E-state index in [1.165, 1.54) is 16.5 Å². The van der Waals surface area contributed by atoms with Crippen molar-refractivity contribution in [2.45, 2.75) is 19.4 Å². The number of carbonyl (C=O) groups is 1. The zero-order valence-corrected chi connectivity index (χ0v) is 14.4. The molecule has 4 aromatic rings. The maximum Gasteiger partial charge on any atom is 0.337 e. The number of nitrogens with zero attached hydrogens (tertiary/aromatic N) is 1. The van der Waals surface area contributed by atoms with Crippen LogP contribution in [0.5, 0.6) is 0 Å². The van der Waals surface area contributed by atoms with Gasteiger partial charge in [0.15, 0.2) is 0 Å². The first-order valence-electron chi connectivity index (χ1n) is 8.72. The molecule has 4 nitrogen and oxygen atoms in total. The molecule has 0 saturated heterocycles. The molecule has 0 aliphatic carbocycles. The van der Waals surface area contributed by atoms with Crippen LogP contribution < -0.4 is 0 Å². The van der Waals surface area contributed by atoms with Crippen LogP contribution in [0.25, 0.3) is 10.9 Å². The number of H-pyrrole nitrogens is 1. The Kier molecular flexibility index (Phi) is 3.10. The normalized spacial score (nSPS) is 15.7. The number of hydrogen-bond acceptors (Lipinski definition) is 1. The van der Waals surface area contributed by atoms with Crippen LogP contribution >= 0.6 is 0 Å². The monoisotopic (exact) mass is 342 g/mol. The van der Waals surface area contributed by atoms with E-state index in [1.807, 2.05) is 18.3 Å². The Labute approximate surface area is 150 Å². The summed E-state index contributed by atoms with van der Waals surface area (Å²) in [7, 11) is 0. The first-order valence-corrected chi connectivity index (χ1v) is 8.72. The van der Waals surface area contributed by atoms with Crippen LogP contribution in [0.15, 0.2) is 60.8 Å². The van der Waals surface area contributed by atoms with E-state index >= 15 is 0 Å². The van der Waals surface area contributed by atoms with Crippen molar-refractivity contribution in [1.82, 2.24) is 9.55 Å². The van der Waals surface area contributed by atoms with Gasteiger partial charge in [0.05, 0.1) is 11.6 Å². The summed E-state index contributed by atoms with van der Waals surface area (Å²) in [6.07, 6.45) is 2.52. The molecule has 0 amide bonds. The minimum atomic E-state index is -0.871. The van der Waals surface area contributed by atoms with Crippen LogP contribution in [-0.4, -0.2) is 20.6 Å².